The predicted molar refractivity (Wildman–Crippen MR) is 110 cm³/mol. The maximum Gasteiger partial charge on any atom is 0.308 e. The van der Waals surface area contributed by atoms with Crippen LogP contribution in [0.25, 0.3) is 5.76 Å². The number of methoxy groups -OCH3 is 1. The largest absolute Gasteiger partial charge is 0.507 e. The maximum absolute atomic E-state index is 13.7. The number of halogens is 1. The summed E-state index contributed by atoms with van der Waals surface area (Å²) >= 11 is 0. The van der Waals surface area contributed by atoms with Crippen LogP contribution in [-0.4, -0.2) is 47.9 Å². The lowest BCUT2D eigenvalue weighted by Gasteiger charge is -2.25. The molecular formula is C23H22FNO6. The van der Waals surface area contributed by atoms with Crippen LogP contribution in [0.4, 0.5) is 4.39 Å². The van der Waals surface area contributed by atoms with Crippen molar-refractivity contribution in [2.45, 2.75) is 19.9 Å². The molecule has 0 aliphatic carbocycles. The number of aliphatic hydroxyl groups excluding tert-OH is 1. The second-order valence-corrected chi connectivity index (χ2v) is 7.12. The first-order chi connectivity index (χ1) is 14.7. The molecule has 0 spiro atoms. The number of ketones is 1. The highest BCUT2D eigenvalue weighted by Crippen LogP contribution is 2.40. The number of carbonyl (C=O) groups is 3. The highest BCUT2D eigenvalue weighted by atomic mass is 19.1. The summed E-state index contributed by atoms with van der Waals surface area (Å²) in [6.07, 6.45) is 0. The van der Waals surface area contributed by atoms with Crippen LogP contribution in [0, 0.1) is 12.7 Å². The van der Waals surface area contributed by atoms with E-state index in [1.54, 1.807) is 18.2 Å². The number of carbonyl (C=O) groups excluding carboxylic acids is 3. The van der Waals surface area contributed by atoms with Gasteiger partial charge in [-0.1, -0.05) is 12.1 Å². The van der Waals surface area contributed by atoms with E-state index < -0.39 is 35.3 Å². The number of likely N-dealkylation sites (tertiary alicyclic amines) is 1. The molecule has 1 N–H and O–H groups in total. The van der Waals surface area contributed by atoms with Gasteiger partial charge in [-0.3, -0.25) is 14.4 Å². The van der Waals surface area contributed by atoms with E-state index in [0.717, 1.165) is 0 Å². The SMILES string of the molecule is COCCN1C(=O)C(=O)/C(=C(\O)c2ccc(F)c(C)c2)C1c1cccc(OC(C)=O)c1. The second kappa shape index (κ2) is 9.09. The van der Waals surface area contributed by atoms with Gasteiger partial charge in [0.25, 0.3) is 11.7 Å². The van der Waals surface area contributed by atoms with Gasteiger partial charge < -0.3 is 19.5 Å². The Labute approximate surface area is 178 Å². The van der Waals surface area contributed by atoms with Crippen LogP contribution in [0.15, 0.2) is 48.0 Å². The molecule has 1 unspecified atom stereocenters. The van der Waals surface area contributed by atoms with Gasteiger partial charge in [0.05, 0.1) is 18.2 Å². The average Bonchev–Trinajstić information content (AvgIpc) is 2.98. The van der Waals surface area contributed by atoms with E-state index in [-0.39, 0.29) is 35.6 Å². The second-order valence-electron chi connectivity index (χ2n) is 7.12. The number of benzene rings is 2. The molecular weight excluding hydrogens is 405 g/mol. The smallest absolute Gasteiger partial charge is 0.308 e. The van der Waals surface area contributed by atoms with Crippen LogP contribution in [0.1, 0.15) is 29.7 Å². The minimum atomic E-state index is -0.934. The molecule has 31 heavy (non-hydrogen) atoms. The van der Waals surface area contributed by atoms with Crippen LogP contribution in [-0.2, 0) is 19.1 Å². The Bertz CT molecular complexity index is 1080. The highest BCUT2D eigenvalue weighted by Gasteiger charge is 2.46. The first-order valence-corrected chi connectivity index (χ1v) is 9.56. The van der Waals surface area contributed by atoms with Crippen molar-refractivity contribution in [2.75, 3.05) is 20.3 Å². The molecule has 0 aromatic heterocycles. The van der Waals surface area contributed by atoms with Crippen molar-refractivity contribution >= 4 is 23.4 Å². The number of aryl methyl sites for hydroxylation is 1. The molecule has 3 rings (SSSR count). The molecule has 8 heteroatoms. The Hall–Kier alpha value is -3.52. The zero-order valence-electron chi connectivity index (χ0n) is 17.3. The van der Waals surface area contributed by atoms with Crippen molar-refractivity contribution in [2.24, 2.45) is 0 Å². The van der Waals surface area contributed by atoms with Crippen molar-refractivity contribution in [1.29, 1.82) is 0 Å². The standard InChI is InChI=1S/C23H22FNO6/c1-13-11-16(7-8-18(13)24)21(27)19-20(25(9-10-30-3)23(29)22(19)28)15-5-4-6-17(12-15)31-14(2)26/h4-8,11-12,20,27H,9-10H2,1-3H3/b21-19-. The molecule has 2 aromatic rings. The number of hydrogen-bond donors (Lipinski definition) is 1. The van der Waals surface area contributed by atoms with Gasteiger partial charge in [0, 0.05) is 26.1 Å². The molecule has 1 saturated heterocycles. The third kappa shape index (κ3) is 4.49. The molecule has 1 aliphatic rings. The molecule has 0 bridgehead atoms. The van der Waals surface area contributed by atoms with Crippen molar-refractivity contribution in [1.82, 2.24) is 4.90 Å². The molecule has 0 saturated carbocycles. The molecule has 1 heterocycles. The van der Waals surface area contributed by atoms with Gasteiger partial charge in [-0.05, 0) is 48.4 Å². The van der Waals surface area contributed by atoms with Crippen LogP contribution in [0.2, 0.25) is 0 Å². The summed E-state index contributed by atoms with van der Waals surface area (Å²) in [6.45, 7) is 3.06. The van der Waals surface area contributed by atoms with Crippen molar-refractivity contribution < 1.29 is 33.4 Å². The Morgan fingerprint density at radius 1 is 1.19 bits per heavy atom. The summed E-state index contributed by atoms with van der Waals surface area (Å²) in [7, 11) is 1.47. The fourth-order valence-electron chi connectivity index (χ4n) is 3.51. The van der Waals surface area contributed by atoms with E-state index in [1.807, 2.05) is 0 Å². The van der Waals surface area contributed by atoms with Gasteiger partial charge in [0.15, 0.2) is 0 Å². The summed E-state index contributed by atoms with van der Waals surface area (Å²) in [5.41, 5.74) is 0.831. The Morgan fingerprint density at radius 2 is 1.94 bits per heavy atom. The number of aliphatic hydroxyl groups is 1. The van der Waals surface area contributed by atoms with Gasteiger partial charge in [-0.25, -0.2) is 4.39 Å². The molecule has 162 valence electrons. The maximum atomic E-state index is 13.7. The van der Waals surface area contributed by atoms with Gasteiger partial charge in [-0.15, -0.1) is 0 Å². The third-order valence-electron chi connectivity index (χ3n) is 4.94. The summed E-state index contributed by atoms with van der Waals surface area (Å²) in [4.78, 5) is 38.3. The van der Waals surface area contributed by atoms with Crippen LogP contribution < -0.4 is 4.74 Å². The van der Waals surface area contributed by atoms with E-state index in [4.69, 9.17) is 9.47 Å². The van der Waals surface area contributed by atoms with E-state index in [9.17, 15) is 23.9 Å². The molecule has 7 nitrogen and oxygen atoms in total. The molecule has 1 atom stereocenters. The fraction of sp³-hybridized carbons (Fsp3) is 0.261. The quantitative estimate of drug-likeness (QED) is 0.250. The summed E-state index contributed by atoms with van der Waals surface area (Å²) < 4.78 is 23.9. The molecule has 1 aliphatic heterocycles. The first kappa shape index (κ1) is 22.2. The zero-order chi connectivity index (χ0) is 22.7. The Kier molecular flexibility index (Phi) is 6.50. The number of esters is 1. The summed E-state index contributed by atoms with van der Waals surface area (Å²) in [5, 5.41) is 11.0. The molecule has 2 aromatic carbocycles. The number of ether oxygens (including phenoxy) is 2. The van der Waals surface area contributed by atoms with Crippen LogP contribution in [0.5, 0.6) is 5.75 Å². The third-order valence-corrected chi connectivity index (χ3v) is 4.94. The van der Waals surface area contributed by atoms with E-state index >= 15 is 0 Å². The highest BCUT2D eigenvalue weighted by molar-refractivity contribution is 6.46. The fourth-order valence-corrected chi connectivity index (χ4v) is 3.51. The first-order valence-electron chi connectivity index (χ1n) is 9.56. The molecule has 0 radical (unpaired) electrons. The van der Waals surface area contributed by atoms with E-state index in [0.29, 0.717) is 5.56 Å². The number of amides is 1. The lowest BCUT2D eigenvalue weighted by molar-refractivity contribution is -0.140. The lowest BCUT2D eigenvalue weighted by Crippen LogP contribution is -2.32. The Morgan fingerprint density at radius 3 is 2.58 bits per heavy atom. The molecule has 1 fully saturated rings. The van der Waals surface area contributed by atoms with Gasteiger partial charge >= 0.3 is 5.97 Å². The predicted octanol–water partition coefficient (Wildman–Crippen LogP) is 3.13. The Balaban J connectivity index is 2.17. The van der Waals surface area contributed by atoms with Gasteiger partial charge in [-0.2, -0.15) is 0 Å². The number of rotatable bonds is 6. The normalized spacial score (nSPS) is 17.8. The van der Waals surface area contributed by atoms with Gasteiger partial charge in [0.2, 0.25) is 0 Å². The molecule has 1 amide bonds. The zero-order valence-corrected chi connectivity index (χ0v) is 17.3. The number of hydrogen-bond acceptors (Lipinski definition) is 6. The summed E-state index contributed by atoms with van der Waals surface area (Å²) in [6, 6.07) is 9.36. The van der Waals surface area contributed by atoms with Crippen LogP contribution in [0.3, 0.4) is 0 Å². The lowest BCUT2D eigenvalue weighted by atomic mass is 9.94. The van der Waals surface area contributed by atoms with Gasteiger partial charge in [0.1, 0.15) is 17.3 Å². The minimum absolute atomic E-state index is 0.1000. The monoisotopic (exact) mass is 427 g/mol. The topological polar surface area (TPSA) is 93.1 Å². The van der Waals surface area contributed by atoms with Crippen molar-refractivity contribution in [3.63, 3.8) is 0 Å². The average molecular weight is 427 g/mol. The minimum Gasteiger partial charge on any atom is -0.507 e. The van der Waals surface area contributed by atoms with E-state index in [2.05, 4.69) is 0 Å². The number of Topliss-reactive ketones (excluding diaryl/α,β-unsaturated/α-hetero) is 1. The van der Waals surface area contributed by atoms with Crippen molar-refractivity contribution in [3.8, 4) is 5.75 Å². The van der Waals surface area contributed by atoms with Crippen LogP contribution >= 0.6 is 0 Å². The van der Waals surface area contributed by atoms with E-state index in [1.165, 1.54) is 50.1 Å². The summed E-state index contributed by atoms with van der Waals surface area (Å²) in [5.74, 6) is -2.81. The van der Waals surface area contributed by atoms with Crippen molar-refractivity contribution in [3.05, 3.63) is 70.5 Å². The number of nitrogens with zero attached hydrogens (tertiary/aromatic N) is 1.